The highest BCUT2D eigenvalue weighted by Gasteiger charge is 2.29. The van der Waals surface area contributed by atoms with Crippen molar-refractivity contribution >= 4 is 0 Å². The van der Waals surface area contributed by atoms with Crippen molar-refractivity contribution in [3.63, 3.8) is 0 Å². The molecule has 0 saturated heterocycles. The summed E-state index contributed by atoms with van der Waals surface area (Å²) >= 11 is 0. The minimum atomic E-state index is -0.132. The zero-order valence-corrected chi connectivity index (χ0v) is 9.95. The van der Waals surface area contributed by atoms with Crippen LogP contribution in [-0.4, -0.2) is 12.6 Å². The van der Waals surface area contributed by atoms with Crippen LogP contribution >= 0.6 is 0 Å². The van der Waals surface area contributed by atoms with Crippen LogP contribution in [0.15, 0.2) is 24.3 Å². The Labute approximate surface area is 102 Å². The second kappa shape index (κ2) is 5.84. The van der Waals surface area contributed by atoms with E-state index in [2.05, 4.69) is 11.2 Å². The average Bonchev–Trinajstić information content (AvgIpc) is 2.26. The fourth-order valence-electron chi connectivity index (χ4n) is 2.31. The SMILES string of the molecule is C#CCCCNC1CC(c2cccc(F)c2)C1. The van der Waals surface area contributed by atoms with Crippen LogP contribution in [-0.2, 0) is 0 Å². The van der Waals surface area contributed by atoms with Gasteiger partial charge in [-0.05, 0) is 49.4 Å². The predicted octanol–water partition coefficient (Wildman–Crippen LogP) is 3.07. The molecule has 0 bridgehead atoms. The standard InChI is InChI=1S/C15H18FN/c1-2-3-4-8-17-15-10-13(11-15)12-6-5-7-14(16)9-12/h1,5-7,9,13,15,17H,3-4,8,10-11H2. The van der Waals surface area contributed by atoms with Gasteiger partial charge in [0.05, 0.1) is 0 Å². The molecule has 0 aromatic heterocycles. The van der Waals surface area contributed by atoms with Crippen LogP contribution < -0.4 is 5.32 Å². The van der Waals surface area contributed by atoms with E-state index in [-0.39, 0.29) is 5.82 Å². The fraction of sp³-hybridized carbons (Fsp3) is 0.467. The first kappa shape index (κ1) is 12.1. The van der Waals surface area contributed by atoms with Crippen molar-refractivity contribution < 1.29 is 4.39 Å². The molecule has 0 radical (unpaired) electrons. The Morgan fingerprint density at radius 3 is 2.94 bits per heavy atom. The van der Waals surface area contributed by atoms with Gasteiger partial charge in [-0.3, -0.25) is 0 Å². The highest BCUT2D eigenvalue weighted by molar-refractivity contribution is 5.23. The number of hydrogen-bond acceptors (Lipinski definition) is 1. The molecule has 2 rings (SSSR count). The molecule has 90 valence electrons. The van der Waals surface area contributed by atoms with Crippen molar-refractivity contribution in [1.29, 1.82) is 0 Å². The Morgan fingerprint density at radius 2 is 2.24 bits per heavy atom. The highest BCUT2D eigenvalue weighted by atomic mass is 19.1. The topological polar surface area (TPSA) is 12.0 Å². The minimum absolute atomic E-state index is 0.132. The van der Waals surface area contributed by atoms with Gasteiger partial charge in [-0.1, -0.05) is 12.1 Å². The maximum atomic E-state index is 13.0. The molecule has 1 aliphatic carbocycles. The van der Waals surface area contributed by atoms with Crippen LogP contribution in [0.2, 0.25) is 0 Å². The number of rotatable bonds is 5. The van der Waals surface area contributed by atoms with E-state index in [1.54, 1.807) is 12.1 Å². The van der Waals surface area contributed by atoms with Gasteiger partial charge < -0.3 is 5.32 Å². The number of benzene rings is 1. The van der Waals surface area contributed by atoms with Crippen molar-refractivity contribution in [2.24, 2.45) is 0 Å². The van der Waals surface area contributed by atoms with Crippen LogP contribution in [0.5, 0.6) is 0 Å². The van der Waals surface area contributed by atoms with Gasteiger partial charge >= 0.3 is 0 Å². The Bertz CT molecular complexity index is 402. The first-order valence-electron chi connectivity index (χ1n) is 6.22. The predicted molar refractivity (Wildman–Crippen MR) is 68.2 cm³/mol. The molecule has 0 atom stereocenters. The zero-order valence-electron chi connectivity index (χ0n) is 9.95. The quantitative estimate of drug-likeness (QED) is 0.606. The molecule has 0 spiro atoms. The average molecular weight is 231 g/mol. The zero-order chi connectivity index (χ0) is 12.1. The van der Waals surface area contributed by atoms with Crippen molar-refractivity contribution in [2.75, 3.05) is 6.54 Å². The Morgan fingerprint density at radius 1 is 1.41 bits per heavy atom. The third-order valence-corrected chi connectivity index (χ3v) is 3.39. The van der Waals surface area contributed by atoms with Crippen LogP contribution in [0.1, 0.15) is 37.2 Å². The summed E-state index contributed by atoms with van der Waals surface area (Å²) in [6.45, 7) is 0.991. The molecule has 1 aromatic carbocycles. The molecule has 0 heterocycles. The number of nitrogens with one attached hydrogen (secondary N) is 1. The molecule has 1 N–H and O–H groups in total. The maximum Gasteiger partial charge on any atom is 0.123 e. The summed E-state index contributed by atoms with van der Waals surface area (Å²) in [7, 11) is 0. The van der Waals surface area contributed by atoms with E-state index in [4.69, 9.17) is 6.42 Å². The van der Waals surface area contributed by atoms with E-state index in [9.17, 15) is 4.39 Å². The van der Waals surface area contributed by atoms with Crippen LogP contribution in [0, 0.1) is 18.2 Å². The Hall–Kier alpha value is -1.33. The lowest BCUT2D eigenvalue weighted by Crippen LogP contribution is -2.40. The summed E-state index contributed by atoms with van der Waals surface area (Å²) in [5.74, 6) is 3.03. The van der Waals surface area contributed by atoms with E-state index in [1.165, 1.54) is 6.07 Å². The van der Waals surface area contributed by atoms with Gasteiger partial charge in [-0.25, -0.2) is 4.39 Å². The molecule has 1 fully saturated rings. The van der Waals surface area contributed by atoms with E-state index in [0.29, 0.717) is 12.0 Å². The molecule has 0 unspecified atom stereocenters. The van der Waals surface area contributed by atoms with Crippen molar-refractivity contribution in [1.82, 2.24) is 5.32 Å². The van der Waals surface area contributed by atoms with Crippen molar-refractivity contribution in [3.05, 3.63) is 35.6 Å². The normalized spacial score (nSPS) is 22.8. The molecule has 0 aliphatic heterocycles. The summed E-state index contributed by atoms with van der Waals surface area (Å²) in [6, 6.07) is 7.54. The summed E-state index contributed by atoms with van der Waals surface area (Å²) < 4.78 is 13.0. The second-order valence-electron chi connectivity index (χ2n) is 4.68. The molecule has 1 aliphatic rings. The first-order chi connectivity index (χ1) is 8.29. The van der Waals surface area contributed by atoms with E-state index >= 15 is 0 Å². The lowest BCUT2D eigenvalue weighted by atomic mass is 9.76. The Kier molecular flexibility index (Phi) is 4.17. The molecule has 0 amide bonds. The number of halogens is 1. The largest absolute Gasteiger partial charge is 0.314 e. The lowest BCUT2D eigenvalue weighted by Gasteiger charge is -2.36. The Balaban J connectivity index is 1.70. The van der Waals surface area contributed by atoms with Crippen molar-refractivity contribution in [3.8, 4) is 12.3 Å². The maximum absolute atomic E-state index is 13.0. The van der Waals surface area contributed by atoms with Gasteiger partial charge in [-0.2, -0.15) is 0 Å². The molecular formula is C15H18FN. The number of terminal acetylenes is 1. The van der Waals surface area contributed by atoms with Gasteiger partial charge in [0.1, 0.15) is 5.82 Å². The molecule has 1 saturated carbocycles. The lowest BCUT2D eigenvalue weighted by molar-refractivity contribution is 0.290. The first-order valence-corrected chi connectivity index (χ1v) is 6.22. The monoisotopic (exact) mass is 231 g/mol. The number of unbranched alkanes of at least 4 members (excludes halogenated alkanes) is 1. The van der Waals surface area contributed by atoms with E-state index in [0.717, 1.165) is 37.8 Å². The van der Waals surface area contributed by atoms with E-state index < -0.39 is 0 Å². The summed E-state index contributed by atoms with van der Waals surface area (Å²) in [6.07, 6.45) is 9.29. The molecule has 2 heteroatoms. The summed E-state index contributed by atoms with van der Waals surface area (Å²) in [4.78, 5) is 0. The summed E-state index contributed by atoms with van der Waals surface area (Å²) in [5, 5.41) is 3.48. The molecule has 1 nitrogen and oxygen atoms in total. The highest BCUT2D eigenvalue weighted by Crippen LogP contribution is 2.36. The van der Waals surface area contributed by atoms with Gasteiger partial charge in [-0.15, -0.1) is 12.3 Å². The van der Waals surface area contributed by atoms with Crippen LogP contribution in [0.4, 0.5) is 4.39 Å². The summed E-state index contributed by atoms with van der Waals surface area (Å²) in [5.41, 5.74) is 1.13. The third-order valence-electron chi connectivity index (χ3n) is 3.39. The van der Waals surface area contributed by atoms with Gasteiger partial charge in [0, 0.05) is 12.5 Å². The second-order valence-corrected chi connectivity index (χ2v) is 4.68. The number of hydrogen-bond donors (Lipinski definition) is 1. The third kappa shape index (κ3) is 3.31. The molecule has 1 aromatic rings. The van der Waals surface area contributed by atoms with Gasteiger partial charge in [0.15, 0.2) is 0 Å². The molecular weight excluding hydrogens is 213 g/mol. The van der Waals surface area contributed by atoms with Crippen molar-refractivity contribution in [2.45, 2.75) is 37.6 Å². The van der Waals surface area contributed by atoms with Crippen LogP contribution in [0.25, 0.3) is 0 Å². The van der Waals surface area contributed by atoms with Crippen LogP contribution in [0.3, 0.4) is 0 Å². The molecule has 17 heavy (non-hydrogen) atoms. The fourth-order valence-corrected chi connectivity index (χ4v) is 2.31. The smallest absolute Gasteiger partial charge is 0.123 e. The van der Waals surface area contributed by atoms with Gasteiger partial charge in [0.25, 0.3) is 0 Å². The van der Waals surface area contributed by atoms with Gasteiger partial charge in [0.2, 0.25) is 0 Å². The van der Waals surface area contributed by atoms with E-state index in [1.807, 2.05) is 6.07 Å². The minimum Gasteiger partial charge on any atom is -0.314 e.